The standard InChI is InChI=1S/C22H25N3O4S/c1-28-13-5-12-25-21(27)19(14-16-6-8-17(29-2)9-7-16)30-22(25)18(15-23)20(26)24-10-3-4-11-24/h6-9,14H,3-5,10-13H2,1-2H3/b19-14+,22-18-. The lowest BCUT2D eigenvalue weighted by Crippen LogP contribution is -2.36. The molecule has 1 aliphatic rings. The topological polar surface area (TPSA) is 84.6 Å². The van der Waals surface area contributed by atoms with Crippen molar-refractivity contribution in [3.05, 3.63) is 49.4 Å². The van der Waals surface area contributed by atoms with Gasteiger partial charge < -0.3 is 14.4 Å². The lowest BCUT2D eigenvalue weighted by Gasteiger charge is -2.14. The first-order chi connectivity index (χ1) is 14.6. The van der Waals surface area contributed by atoms with Crippen LogP contribution in [0.25, 0.3) is 11.6 Å². The highest BCUT2D eigenvalue weighted by Gasteiger charge is 2.24. The molecule has 0 N–H and O–H groups in total. The van der Waals surface area contributed by atoms with Crippen LogP contribution in [0.4, 0.5) is 0 Å². The summed E-state index contributed by atoms with van der Waals surface area (Å²) in [6, 6.07) is 9.42. The van der Waals surface area contributed by atoms with Gasteiger partial charge in [0, 0.05) is 33.4 Å². The predicted octanol–water partition coefficient (Wildman–Crippen LogP) is 1.08. The molecule has 7 nitrogen and oxygen atoms in total. The molecule has 2 aromatic rings. The van der Waals surface area contributed by atoms with Crippen LogP contribution in [0, 0.1) is 11.3 Å². The Labute approximate surface area is 179 Å². The molecule has 8 heteroatoms. The van der Waals surface area contributed by atoms with Gasteiger partial charge in [0.2, 0.25) is 0 Å². The molecule has 0 saturated carbocycles. The molecule has 30 heavy (non-hydrogen) atoms. The molecule has 0 bridgehead atoms. The number of carbonyl (C=O) groups is 1. The fraction of sp³-hybridized carbons (Fsp3) is 0.409. The van der Waals surface area contributed by atoms with E-state index in [0.717, 1.165) is 24.2 Å². The zero-order valence-electron chi connectivity index (χ0n) is 17.2. The van der Waals surface area contributed by atoms with Crippen LogP contribution in [-0.2, 0) is 16.1 Å². The van der Waals surface area contributed by atoms with E-state index in [4.69, 9.17) is 9.47 Å². The first-order valence-corrected chi connectivity index (χ1v) is 10.7. The number of ether oxygens (including phenoxy) is 2. The Morgan fingerprint density at radius 2 is 1.93 bits per heavy atom. The molecule has 1 saturated heterocycles. The molecule has 3 rings (SSSR count). The van der Waals surface area contributed by atoms with Gasteiger partial charge >= 0.3 is 0 Å². The fourth-order valence-corrected chi connectivity index (χ4v) is 4.51. The molecule has 2 heterocycles. The van der Waals surface area contributed by atoms with Crippen molar-refractivity contribution in [1.82, 2.24) is 9.47 Å². The lowest BCUT2D eigenvalue weighted by molar-refractivity contribution is -0.123. The highest BCUT2D eigenvalue weighted by molar-refractivity contribution is 7.07. The number of rotatable bonds is 7. The fourth-order valence-electron chi connectivity index (χ4n) is 3.39. The van der Waals surface area contributed by atoms with Crippen molar-refractivity contribution in [1.29, 1.82) is 5.26 Å². The number of hydrogen-bond acceptors (Lipinski definition) is 6. The summed E-state index contributed by atoms with van der Waals surface area (Å²) < 4.78 is 12.7. The Kier molecular flexibility index (Phi) is 7.44. The van der Waals surface area contributed by atoms with Gasteiger partial charge in [-0.3, -0.25) is 14.2 Å². The van der Waals surface area contributed by atoms with Crippen molar-refractivity contribution >= 4 is 28.9 Å². The van der Waals surface area contributed by atoms with Crippen LogP contribution >= 0.6 is 11.3 Å². The van der Waals surface area contributed by atoms with Gasteiger partial charge in [-0.15, -0.1) is 11.3 Å². The summed E-state index contributed by atoms with van der Waals surface area (Å²) in [4.78, 5) is 27.7. The van der Waals surface area contributed by atoms with Crippen LogP contribution < -0.4 is 19.5 Å². The average Bonchev–Trinajstić information content (AvgIpc) is 3.40. The van der Waals surface area contributed by atoms with Gasteiger partial charge in [-0.25, -0.2) is 0 Å². The van der Waals surface area contributed by atoms with Gasteiger partial charge in [0.05, 0.1) is 11.6 Å². The van der Waals surface area contributed by atoms with Gasteiger partial charge in [-0.1, -0.05) is 12.1 Å². The average molecular weight is 428 g/mol. The van der Waals surface area contributed by atoms with Crippen LogP contribution in [0.3, 0.4) is 0 Å². The minimum Gasteiger partial charge on any atom is -0.497 e. The molecule has 0 atom stereocenters. The molecule has 0 unspecified atom stereocenters. The highest BCUT2D eigenvalue weighted by atomic mass is 32.1. The Morgan fingerprint density at radius 3 is 2.53 bits per heavy atom. The van der Waals surface area contributed by atoms with Gasteiger partial charge in [-0.05, 0) is 43.0 Å². The number of amides is 1. The Balaban J connectivity index is 2.13. The maximum absolute atomic E-state index is 13.1. The van der Waals surface area contributed by atoms with Crippen LogP contribution in [0.15, 0.2) is 29.1 Å². The van der Waals surface area contributed by atoms with E-state index in [0.29, 0.717) is 41.9 Å². The van der Waals surface area contributed by atoms with E-state index in [1.165, 1.54) is 15.9 Å². The molecular formula is C22H25N3O4S. The minimum atomic E-state index is -0.298. The Morgan fingerprint density at radius 1 is 1.23 bits per heavy atom. The summed E-state index contributed by atoms with van der Waals surface area (Å²) in [5.41, 5.74) is 0.670. The Bertz CT molecular complexity index is 1100. The van der Waals surface area contributed by atoms with E-state index in [9.17, 15) is 14.9 Å². The van der Waals surface area contributed by atoms with Crippen molar-refractivity contribution in [3.8, 4) is 11.8 Å². The summed E-state index contributed by atoms with van der Waals surface area (Å²) in [5.74, 6) is 0.431. The predicted molar refractivity (Wildman–Crippen MR) is 116 cm³/mol. The molecule has 0 aliphatic carbocycles. The maximum atomic E-state index is 13.1. The second-order valence-electron chi connectivity index (χ2n) is 6.98. The van der Waals surface area contributed by atoms with Crippen molar-refractivity contribution in [2.24, 2.45) is 0 Å². The smallest absolute Gasteiger partial charge is 0.269 e. The van der Waals surface area contributed by atoms with Crippen molar-refractivity contribution in [2.75, 3.05) is 33.9 Å². The van der Waals surface area contributed by atoms with Crippen LogP contribution in [0.2, 0.25) is 0 Å². The molecule has 1 aliphatic heterocycles. The third-order valence-electron chi connectivity index (χ3n) is 4.98. The van der Waals surface area contributed by atoms with Gasteiger partial charge in [0.1, 0.15) is 16.5 Å². The van der Waals surface area contributed by atoms with E-state index < -0.39 is 0 Å². The normalized spacial score (nSPS) is 15.2. The van der Waals surface area contributed by atoms with E-state index >= 15 is 0 Å². The number of thiazole rings is 1. The first kappa shape index (κ1) is 21.8. The second-order valence-corrected chi connectivity index (χ2v) is 8.01. The van der Waals surface area contributed by atoms with Gasteiger partial charge in [0.25, 0.3) is 11.5 Å². The number of hydrogen-bond donors (Lipinski definition) is 0. The summed E-state index contributed by atoms with van der Waals surface area (Å²) in [7, 11) is 3.20. The van der Waals surface area contributed by atoms with Crippen LogP contribution in [0.5, 0.6) is 5.75 Å². The first-order valence-electron chi connectivity index (χ1n) is 9.87. The SMILES string of the molecule is COCCCn1c(=O)/c(=C\c2ccc(OC)cc2)s/c1=C(/C#N)C(=O)N1CCCC1. The minimum absolute atomic E-state index is 0.0331. The van der Waals surface area contributed by atoms with E-state index in [2.05, 4.69) is 6.07 Å². The van der Waals surface area contributed by atoms with E-state index in [1.54, 1.807) is 25.2 Å². The summed E-state index contributed by atoms with van der Waals surface area (Å²) in [6.07, 6.45) is 4.26. The summed E-state index contributed by atoms with van der Waals surface area (Å²) in [5, 5.41) is 9.76. The number of benzene rings is 1. The quantitative estimate of drug-likeness (QED) is 0.618. The molecule has 0 radical (unpaired) electrons. The molecule has 1 amide bonds. The third kappa shape index (κ3) is 4.81. The van der Waals surface area contributed by atoms with Crippen LogP contribution in [0.1, 0.15) is 24.8 Å². The van der Waals surface area contributed by atoms with Gasteiger partial charge in [0.15, 0.2) is 5.57 Å². The number of carbonyl (C=O) groups excluding carboxylic acids is 1. The molecule has 1 aromatic heterocycles. The lowest BCUT2D eigenvalue weighted by atomic mass is 10.2. The molecular weight excluding hydrogens is 402 g/mol. The molecule has 0 spiro atoms. The maximum Gasteiger partial charge on any atom is 0.269 e. The van der Waals surface area contributed by atoms with Crippen molar-refractivity contribution < 1.29 is 14.3 Å². The zero-order valence-corrected chi connectivity index (χ0v) is 18.0. The summed E-state index contributed by atoms with van der Waals surface area (Å²) >= 11 is 1.18. The monoisotopic (exact) mass is 427 g/mol. The number of methoxy groups -OCH3 is 2. The molecule has 158 valence electrons. The third-order valence-corrected chi connectivity index (χ3v) is 6.11. The summed E-state index contributed by atoms with van der Waals surface area (Å²) in [6.45, 7) is 2.16. The number of aromatic nitrogens is 1. The Hall–Kier alpha value is -2.89. The number of nitriles is 1. The molecule has 1 aromatic carbocycles. The van der Waals surface area contributed by atoms with Crippen LogP contribution in [-0.4, -0.2) is 49.3 Å². The van der Waals surface area contributed by atoms with Crippen molar-refractivity contribution in [2.45, 2.75) is 25.8 Å². The van der Waals surface area contributed by atoms with Crippen molar-refractivity contribution in [3.63, 3.8) is 0 Å². The largest absolute Gasteiger partial charge is 0.497 e. The molecule has 1 fully saturated rings. The second kappa shape index (κ2) is 10.2. The highest BCUT2D eigenvalue weighted by Crippen LogP contribution is 2.13. The van der Waals surface area contributed by atoms with E-state index in [1.807, 2.05) is 24.3 Å². The van der Waals surface area contributed by atoms with E-state index in [-0.39, 0.29) is 17.0 Å². The zero-order chi connectivity index (χ0) is 21.5. The van der Waals surface area contributed by atoms with Gasteiger partial charge in [-0.2, -0.15) is 5.26 Å². The number of nitrogens with zero attached hydrogens (tertiary/aromatic N) is 3. The number of likely N-dealkylation sites (tertiary alicyclic amines) is 1.